The fourth-order valence-electron chi connectivity index (χ4n) is 8.95. The first-order valence-corrected chi connectivity index (χ1v) is 18.7. The minimum absolute atomic E-state index is 0.0294. The predicted molar refractivity (Wildman–Crippen MR) is 188 cm³/mol. The second kappa shape index (κ2) is 15.4. The Hall–Kier alpha value is -1.52. The van der Waals surface area contributed by atoms with E-state index in [0.29, 0.717) is 0 Å². The van der Waals surface area contributed by atoms with E-state index in [9.17, 15) is 0 Å². The van der Waals surface area contributed by atoms with Crippen LogP contribution in [-0.2, 0) is 15.6 Å². The average Bonchev–Trinajstić information content (AvgIpc) is 2.98. The van der Waals surface area contributed by atoms with Crippen molar-refractivity contribution in [2.75, 3.05) is 20.5 Å². The van der Waals surface area contributed by atoms with E-state index in [1.54, 1.807) is 7.11 Å². The molecule has 0 aromatic heterocycles. The van der Waals surface area contributed by atoms with Crippen LogP contribution >= 0.6 is 15.9 Å². The molecule has 0 atom stereocenters. The van der Waals surface area contributed by atoms with Crippen LogP contribution in [0.1, 0.15) is 142 Å². The molecule has 0 heterocycles. The predicted octanol–water partition coefficient (Wildman–Crippen LogP) is 12.2. The topological polar surface area (TPSA) is 27.7 Å². The second-order valence-electron chi connectivity index (χ2n) is 15.6. The normalized spacial score (nSPS) is 24.2. The lowest BCUT2D eigenvalue weighted by molar-refractivity contribution is -0.00881. The Kier molecular flexibility index (Phi) is 11.8. The third-order valence-corrected chi connectivity index (χ3v) is 11.6. The lowest BCUT2D eigenvalue weighted by atomic mass is 9.47. The number of ether oxygens (including phenoxy) is 3. The highest BCUT2D eigenvalue weighted by molar-refractivity contribution is 9.10. The Balaban J connectivity index is 1.35. The Bertz CT molecular complexity index is 1180. The van der Waals surface area contributed by atoms with Crippen LogP contribution in [0, 0.1) is 17.8 Å². The standard InChI is InChI=1S/C40H59BrO3/c1-6-7-8-9-10-11-12-13-14-15-18-43-33-16-17-37(41)34(24-33)35-22-32(39(2,3)4)23-36(38(35)44-28-42-5)40-25-29-19-30(26-40)21-31(20-29)27-40/h16-17,22-24,29-31H,6-15,18-21,25-28H2,1-5H3. The van der Waals surface area contributed by atoms with E-state index in [2.05, 4.69) is 74.0 Å². The van der Waals surface area contributed by atoms with Gasteiger partial charge in [-0.1, -0.05) is 107 Å². The number of hydrogen-bond acceptors (Lipinski definition) is 3. The zero-order valence-electron chi connectivity index (χ0n) is 28.4. The third kappa shape index (κ3) is 8.24. The molecule has 4 aliphatic carbocycles. The molecule has 4 fully saturated rings. The lowest BCUT2D eigenvalue weighted by Crippen LogP contribution is -2.48. The highest BCUT2D eigenvalue weighted by atomic mass is 79.9. The van der Waals surface area contributed by atoms with Crippen LogP contribution in [0.2, 0.25) is 0 Å². The van der Waals surface area contributed by atoms with E-state index in [1.165, 1.54) is 107 Å². The zero-order valence-corrected chi connectivity index (χ0v) is 30.0. The van der Waals surface area contributed by atoms with Crippen LogP contribution in [0.3, 0.4) is 0 Å². The maximum Gasteiger partial charge on any atom is 0.188 e. The second-order valence-corrected chi connectivity index (χ2v) is 16.4. The highest BCUT2D eigenvalue weighted by Gasteiger charge is 2.53. The van der Waals surface area contributed by atoms with Crippen LogP contribution in [0.25, 0.3) is 11.1 Å². The van der Waals surface area contributed by atoms with E-state index >= 15 is 0 Å². The summed E-state index contributed by atoms with van der Waals surface area (Å²) in [5.41, 5.74) is 5.36. The van der Waals surface area contributed by atoms with Gasteiger partial charge in [0.15, 0.2) is 6.79 Å². The Morgan fingerprint density at radius 1 is 0.750 bits per heavy atom. The van der Waals surface area contributed by atoms with E-state index in [-0.39, 0.29) is 17.6 Å². The van der Waals surface area contributed by atoms with Crippen LogP contribution < -0.4 is 9.47 Å². The van der Waals surface area contributed by atoms with Gasteiger partial charge in [-0.2, -0.15) is 0 Å². The smallest absolute Gasteiger partial charge is 0.188 e. The summed E-state index contributed by atoms with van der Waals surface area (Å²) in [5.74, 6) is 4.57. The summed E-state index contributed by atoms with van der Waals surface area (Å²) in [7, 11) is 1.73. The van der Waals surface area contributed by atoms with Gasteiger partial charge in [0.05, 0.1) is 6.61 Å². The molecule has 2 aromatic carbocycles. The molecule has 0 unspecified atom stereocenters. The van der Waals surface area contributed by atoms with Crippen molar-refractivity contribution in [3.63, 3.8) is 0 Å². The summed E-state index contributed by atoms with van der Waals surface area (Å²) in [6, 6.07) is 11.4. The minimum Gasteiger partial charge on any atom is -0.494 e. The molecule has 4 heteroatoms. The van der Waals surface area contributed by atoms with Gasteiger partial charge in [-0.05, 0) is 103 Å². The summed E-state index contributed by atoms with van der Waals surface area (Å²) in [6.45, 7) is 10.3. The van der Waals surface area contributed by atoms with Gasteiger partial charge in [0.1, 0.15) is 11.5 Å². The number of rotatable bonds is 17. The molecule has 0 amide bonds. The molecule has 0 saturated heterocycles. The van der Waals surface area contributed by atoms with Gasteiger partial charge >= 0.3 is 0 Å². The fourth-order valence-corrected chi connectivity index (χ4v) is 9.41. The Morgan fingerprint density at radius 2 is 1.34 bits per heavy atom. The van der Waals surface area contributed by atoms with E-state index in [4.69, 9.17) is 14.2 Å². The monoisotopic (exact) mass is 666 g/mol. The van der Waals surface area contributed by atoms with Crippen LogP contribution in [0.5, 0.6) is 11.5 Å². The third-order valence-electron chi connectivity index (χ3n) is 10.9. The minimum atomic E-state index is 0.0294. The molecular weight excluding hydrogens is 608 g/mol. The molecule has 4 bridgehead atoms. The summed E-state index contributed by atoms with van der Waals surface area (Å²) < 4.78 is 19.6. The maximum absolute atomic E-state index is 6.61. The van der Waals surface area contributed by atoms with Gasteiger partial charge in [0.25, 0.3) is 0 Å². The van der Waals surface area contributed by atoms with Crippen molar-refractivity contribution < 1.29 is 14.2 Å². The van der Waals surface area contributed by atoms with Crippen molar-refractivity contribution in [2.24, 2.45) is 17.8 Å². The van der Waals surface area contributed by atoms with Crippen molar-refractivity contribution in [1.82, 2.24) is 0 Å². The first-order chi connectivity index (χ1) is 21.2. The molecular formula is C40H59BrO3. The summed E-state index contributed by atoms with van der Waals surface area (Å²) in [5, 5.41) is 0. The summed E-state index contributed by atoms with van der Waals surface area (Å²) >= 11 is 3.93. The van der Waals surface area contributed by atoms with Crippen LogP contribution in [0.4, 0.5) is 0 Å². The molecule has 4 aliphatic rings. The first kappa shape index (κ1) is 33.8. The summed E-state index contributed by atoms with van der Waals surface area (Å²) in [6.07, 6.45) is 21.6. The van der Waals surface area contributed by atoms with Gasteiger partial charge in [-0.25, -0.2) is 0 Å². The van der Waals surface area contributed by atoms with Gasteiger partial charge in [-0.3, -0.25) is 0 Å². The highest BCUT2D eigenvalue weighted by Crippen LogP contribution is 2.63. The quantitative estimate of drug-likeness (QED) is 0.124. The molecule has 0 N–H and O–H groups in total. The van der Waals surface area contributed by atoms with E-state index in [0.717, 1.165) is 57.9 Å². The number of methoxy groups -OCH3 is 1. The van der Waals surface area contributed by atoms with Gasteiger partial charge in [-0.15, -0.1) is 0 Å². The SMILES string of the molecule is CCCCCCCCCCCCOc1ccc(Br)c(-c2cc(C(C)(C)C)cc(C34CC5CC(CC(C5)C3)C4)c2OCOC)c1. The van der Waals surface area contributed by atoms with Crippen molar-refractivity contribution in [2.45, 2.75) is 141 Å². The number of halogens is 1. The van der Waals surface area contributed by atoms with Crippen molar-refractivity contribution in [1.29, 1.82) is 0 Å². The van der Waals surface area contributed by atoms with Crippen molar-refractivity contribution >= 4 is 15.9 Å². The molecule has 244 valence electrons. The Morgan fingerprint density at radius 3 is 1.91 bits per heavy atom. The van der Waals surface area contributed by atoms with E-state index in [1.807, 2.05) is 0 Å². The molecule has 0 aliphatic heterocycles. The van der Waals surface area contributed by atoms with Gasteiger partial charge < -0.3 is 14.2 Å². The van der Waals surface area contributed by atoms with Gasteiger partial charge in [0, 0.05) is 28.3 Å². The van der Waals surface area contributed by atoms with Crippen molar-refractivity contribution in [3.05, 3.63) is 45.9 Å². The molecule has 4 saturated carbocycles. The van der Waals surface area contributed by atoms with Crippen LogP contribution in [-0.4, -0.2) is 20.5 Å². The maximum atomic E-state index is 6.61. The molecule has 2 aromatic rings. The number of hydrogen-bond donors (Lipinski definition) is 0. The molecule has 44 heavy (non-hydrogen) atoms. The molecule has 3 nitrogen and oxygen atoms in total. The van der Waals surface area contributed by atoms with Crippen molar-refractivity contribution in [3.8, 4) is 22.6 Å². The lowest BCUT2D eigenvalue weighted by Gasteiger charge is -2.57. The number of unbranched alkanes of at least 4 members (excludes halogenated alkanes) is 9. The fraction of sp³-hybridized carbons (Fsp3) is 0.700. The largest absolute Gasteiger partial charge is 0.494 e. The van der Waals surface area contributed by atoms with Gasteiger partial charge in [0.2, 0.25) is 0 Å². The Labute approximate surface area is 277 Å². The first-order valence-electron chi connectivity index (χ1n) is 18.0. The number of benzene rings is 2. The zero-order chi connectivity index (χ0) is 31.2. The average molecular weight is 668 g/mol. The summed E-state index contributed by atoms with van der Waals surface area (Å²) in [4.78, 5) is 0. The molecule has 6 rings (SSSR count). The van der Waals surface area contributed by atoms with Crippen LogP contribution in [0.15, 0.2) is 34.8 Å². The molecule has 0 radical (unpaired) electrons. The van der Waals surface area contributed by atoms with E-state index < -0.39 is 0 Å². The molecule has 0 spiro atoms.